The number of carbonyl (C=O) groups excluding carboxylic acids is 1. The largest absolute Gasteiger partial charge is 0.494 e. The van der Waals surface area contributed by atoms with Gasteiger partial charge < -0.3 is 4.74 Å². The smallest absolute Gasteiger partial charge is 0.167 e. The molecule has 1 atom stereocenters. The molecule has 1 aliphatic heterocycles. The Morgan fingerprint density at radius 3 is 2.86 bits per heavy atom. The van der Waals surface area contributed by atoms with Gasteiger partial charge in [0, 0.05) is 24.6 Å². The zero-order valence-electron chi connectivity index (χ0n) is 13.6. The van der Waals surface area contributed by atoms with Gasteiger partial charge in [0.15, 0.2) is 17.3 Å². The minimum absolute atomic E-state index is 0.0310. The molecular weight excluding hydrogens is 281 g/mol. The maximum absolute atomic E-state index is 13.8. The molecule has 0 bridgehead atoms. The second-order valence-electron chi connectivity index (χ2n) is 6.09. The summed E-state index contributed by atoms with van der Waals surface area (Å²) in [5.74, 6) is -0.327. The van der Waals surface area contributed by atoms with Crippen molar-refractivity contribution in [3.63, 3.8) is 0 Å². The summed E-state index contributed by atoms with van der Waals surface area (Å²) < 4.78 is 18.7. The number of hydrogen-bond acceptors (Lipinski definition) is 3. The number of Topliss-reactive ketones (excluding diaryl/α,β-unsaturated/α-hetero) is 1. The minimum atomic E-state index is -0.481. The van der Waals surface area contributed by atoms with Crippen LogP contribution >= 0.6 is 0 Å². The molecule has 2 rings (SSSR count). The third kappa shape index (κ3) is 4.17. The van der Waals surface area contributed by atoms with E-state index in [0.717, 1.165) is 32.5 Å². The standard InChI is InChI=1S/C18H24FNO2/c1-13(2)8-10-20-9-4-5-15(12-20)18(21)14-6-7-17(22-3)16(19)11-14/h6-8,11,15H,4-5,9-10,12H2,1-3H3/t15-/m1/s1. The molecule has 1 aromatic carbocycles. The summed E-state index contributed by atoms with van der Waals surface area (Å²) >= 11 is 0. The summed E-state index contributed by atoms with van der Waals surface area (Å²) in [6, 6.07) is 4.46. The molecule has 22 heavy (non-hydrogen) atoms. The fourth-order valence-corrected chi connectivity index (χ4v) is 2.80. The highest BCUT2D eigenvalue weighted by atomic mass is 19.1. The summed E-state index contributed by atoms with van der Waals surface area (Å²) in [5, 5.41) is 0. The molecular formula is C18H24FNO2. The molecule has 1 aromatic rings. The van der Waals surface area contributed by atoms with E-state index >= 15 is 0 Å². The Balaban J connectivity index is 2.05. The number of benzene rings is 1. The molecule has 3 nitrogen and oxygen atoms in total. The van der Waals surface area contributed by atoms with Gasteiger partial charge in [0.05, 0.1) is 7.11 Å². The molecule has 0 radical (unpaired) electrons. The maximum atomic E-state index is 13.8. The molecule has 120 valence electrons. The summed E-state index contributed by atoms with van der Waals surface area (Å²) in [4.78, 5) is 14.9. The van der Waals surface area contributed by atoms with Gasteiger partial charge in [-0.05, 0) is 51.4 Å². The SMILES string of the molecule is COc1ccc(C(=O)[C@@H]2CCCN(CC=C(C)C)C2)cc1F. The lowest BCUT2D eigenvalue weighted by atomic mass is 9.90. The number of methoxy groups -OCH3 is 1. The predicted octanol–water partition coefficient (Wildman–Crippen LogP) is 3.70. The first-order chi connectivity index (χ1) is 10.5. The number of piperidine rings is 1. The number of carbonyl (C=O) groups is 1. The van der Waals surface area contributed by atoms with Crippen molar-refractivity contribution in [2.75, 3.05) is 26.7 Å². The third-order valence-electron chi connectivity index (χ3n) is 4.07. The number of halogens is 1. The van der Waals surface area contributed by atoms with Crippen molar-refractivity contribution in [3.8, 4) is 5.75 Å². The van der Waals surface area contributed by atoms with Gasteiger partial charge in [0.2, 0.25) is 0 Å². The van der Waals surface area contributed by atoms with Gasteiger partial charge in [-0.15, -0.1) is 0 Å². The molecule has 4 heteroatoms. The second-order valence-corrected chi connectivity index (χ2v) is 6.09. The first-order valence-corrected chi connectivity index (χ1v) is 7.74. The Bertz CT molecular complexity index is 564. The molecule has 0 saturated carbocycles. The molecule has 1 saturated heterocycles. The second kappa shape index (κ2) is 7.54. The van der Waals surface area contributed by atoms with Crippen molar-refractivity contribution in [1.82, 2.24) is 4.90 Å². The van der Waals surface area contributed by atoms with Crippen LogP contribution in [0.5, 0.6) is 5.75 Å². The number of nitrogens with zero attached hydrogens (tertiary/aromatic N) is 1. The van der Waals surface area contributed by atoms with Gasteiger partial charge in [-0.3, -0.25) is 9.69 Å². The monoisotopic (exact) mass is 305 g/mol. The Kier molecular flexibility index (Phi) is 5.72. The third-order valence-corrected chi connectivity index (χ3v) is 4.07. The molecule has 1 heterocycles. The number of ketones is 1. The van der Waals surface area contributed by atoms with E-state index in [1.165, 1.54) is 24.8 Å². The van der Waals surface area contributed by atoms with Crippen LogP contribution < -0.4 is 4.74 Å². The molecule has 0 aromatic heterocycles. The number of rotatable bonds is 5. The zero-order valence-corrected chi connectivity index (χ0v) is 13.6. The highest BCUT2D eigenvalue weighted by Crippen LogP contribution is 2.24. The van der Waals surface area contributed by atoms with Gasteiger partial charge >= 0.3 is 0 Å². The van der Waals surface area contributed by atoms with Crippen molar-refractivity contribution in [1.29, 1.82) is 0 Å². The predicted molar refractivity (Wildman–Crippen MR) is 85.9 cm³/mol. The van der Waals surface area contributed by atoms with E-state index in [9.17, 15) is 9.18 Å². The number of hydrogen-bond donors (Lipinski definition) is 0. The van der Waals surface area contributed by atoms with E-state index in [0.29, 0.717) is 5.56 Å². The summed E-state index contributed by atoms with van der Waals surface area (Å²) in [6.45, 7) is 6.79. The first kappa shape index (κ1) is 16.7. The topological polar surface area (TPSA) is 29.5 Å². The number of ether oxygens (including phenoxy) is 1. The molecule has 0 spiro atoms. The molecule has 0 N–H and O–H groups in total. The van der Waals surface area contributed by atoms with Crippen molar-refractivity contribution in [2.45, 2.75) is 26.7 Å². The Hall–Kier alpha value is -1.68. The van der Waals surface area contributed by atoms with Crippen LogP contribution in [-0.2, 0) is 0 Å². The Morgan fingerprint density at radius 2 is 2.23 bits per heavy atom. The van der Waals surface area contributed by atoms with E-state index in [-0.39, 0.29) is 17.5 Å². The van der Waals surface area contributed by atoms with Crippen molar-refractivity contribution in [3.05, 3.63) is 41.2 Å². The van der Waals surface area contributed by atoms with E-state index in [4.69, 9.17) is 4.74 Å². The van der Waals surface area contributed by atoms with Crippen LogP contribution in [0.3, 0.4) is 0 Å². The molecule has 0 unspecified atom stereocenters. The quantitative estimate of drug-likeness (QED) is 0.614. The average Bonchev–Trinajstić information content (AvgIpc) is 2.52. The van der Waals surface area contributed by atoms with Gasteiger partial charge in [-0.2, -0.15) is 0 Å². The highest BCUT2D eigenvalue weighted by Gasteiger charge is 2.26. The van der Waals surface area contributed by atoms with Crippen molar-refractivity contribution < 1.29 is 13.9 Å². The van der Waals surface area contributed by atoms with E-state index in [2.05, 4.69) is 24.8 Å². The zero-order chi connectivity index (χ0) is 16.1. The lowest BCUT2D eigenvalue weighted by Crippen LogP contribution is -2.38. The normalized spacial score (nSPS) is 18.8. The van der Waals surface area contributed by atoms with Gasteiger partial charge in [0.25, 0.3) is 0 Å². The van der Waals surface area contributed by atoms with Crippen LogP contribution in [0.15, 0.2) is 29.8 Å². The molecule has 0 aliphatic carbocycles. The van der Waals surface area contributed by atoms with Crippen LogP contribution in [0, 0.1) is 11.7 Å². The van der Waals surface area contributed by atoms with Gasteiger partial charge in [-0.25, -0.2) is 4.39 Å². The highest BCUT2D eigenvalue weighted by molar-refractivity contribution is 5.98. The maximum Gasteiger partial charge on any atom is 0.167 e. The van der Waals surface area contributed by atoms with Crippen LogP contribution in [-0.4, -0.2) is 37.4 Å². The number of likely N-dealkylation sites (tertiary alicyclic amines) is 1. The summed E-state index contributed by atoms with van der Waals surface area (Å²) in [6.07, 6.45) is 4.06. The van der Waals surface area contributed by atoms with Crippen LogP contribution in [0.25, 0.3) is 0 Å². The lowest BCUT2D eigenvalue weighted by Gasteiger charge is -2.31. The first-order valence-electron chi connectivity index (χ1n) is 7.74. The van der Waals surface area contributed by atoms with E-state index in [1.807, 2.05) is 0 Å². The van der Waals surface area contributed by atoms with E-state index in [1.54, 1.807) is 6.07 Å². The van der Waals surface area contributed by atoms with Crippen LogP contribution in [0.2, 0.25) is 0 Å². The van der Waals surface area contributed by atoms with E-state index < -0.39 is 5.82 Å². The fraction of sp³-hybridized carbons (Fsp3) is 0.500. The average molecular weight is 305 g/mol. The summed E-state index contributed by atoms with van der Waals surface area (Å²) in [7, 11) is 1.42. The lowest BCUT2D eigenvalue weighted by molar-refractivity contribution is 0.0831. The van der Waals surface area contributed by atoms with Crippen LogP contribution in [0.1, 0.15) is 37.0 Å². The fourth-order valence-electron chi connectivity index (χ4n) is 2.80. The molecule has 1 aliphatic rings. The summed E-state index contributed by atoms with van der Waals surface area (Å²) in [5.41, 5.74) is 1.72. The van der Waals surface area contributed by atoms with Crippen molar-refractivity contribution >= 4 is 5.78 Å². The minimum Gasteiger partial charge on any atom is -0.494 e. The molecule has 1 fully saturated rings. The molecule has 0 amide bonds. The van der Waals surface area contributed by atoms with Crippen molar-refractivity contribution in [2.24, 2.45) is 5.92 Å². The van der Waals surface area contributed by atoms with Gasteiger partial charge in [-0.1, -0.05) is 11.6 Å². The number of allylic oxidation sites excluding steroid dienone is 1. The Labute approximate surface area is 131 Å². The van der Waals surface area contributed by atoms with Gasteiger partial charge in [0.1, 0.15) is 0 Å². The van der Waals surface area contributed by atoms with Crippen LogP contribution in [0.4, 0.5) is 4.39 Å². The Morgan fingerprint density at radius 1 is 1.45 bits per heavy atom.